The van der Waals surface area contributed by atoms with Crippen molar-refractivity contribution in [2.45, 2.75) is 25.3 Å². The number of hydrogen-bond donors (Lipinski definition) is 3. The molecule has 27 heavy (non-hydrogen) atoms. The number of piperidine rings is 1. The van der Waals surface area contributed by atoms with Crippen LogP contribution in [0.15, 0.2) is 30.3 Å². The molecule has 0 spiro atoms. The molecule has 2 aromatic rings. The summed E-state index contributed by atoms with van der Waals surface area (Å²) >= 11 is 0. The van der Waals surface area contributed by atoms with Crippen molar-refractivity contribution in [1.29, 1.82) is 5.26 Å². The van der Waals surface area contributed by atoms with Crippen molar-refractivity contribution >= 4 is 18.0 Å². The maximum absolute atomic E-state index is 13.9. The van der Waals surface area contributed by atoms with Crippen molar-refractivity contribution in [1.82, 2.24) is 10.6 Å². The van der Waals surface area contributed by atoms with E-state index in [1.807, 2.05) is 6.07 Å². The molecule has 138 valence electrons. The summed E-state index contributed by atoms with van der Waals surface area (Å²) in [4.78, 5) is 0. The van der Waals surface area contributed by atoms with Crippen LogP contribution in [0.5, 0.6) is 0 Å². The van der Waals surface area contributed by atoms with Gasteiger partial charge in [0.25, 0.3) is 0 Å². The summed E-state index contributed by atoms with van der Waals surface area (Å²) in [5, 5.41) is 21.7. The van der Waals surface area contributed by atoms with Gasteiger partial charge in [-0.25, -0.2) is 4.39 Å². The standard InChI is InChI=1S/C22H23FN4/c23-21-2-1-15(11-17(21)3-7-24)18-12-16-4-8-26-14-20(16)22(13-18)27-19-5-9-25-10-6-19/h1-2,4,11-14,19,25-27H,3,5-6,8-10H2. The first-order valence-electron chi connectivity index (χ1n) is 9.45. The Morgan fingerprint density at radius 2 is 2.00 bits per heavy atom. The first-order valence-corrected chi connectivity index (χ1v) is 9.45. The lowest BCUT2D eigenvalue weighted by molar-refractivity contribution is 0.479. The van der Waals surface area contributed by atoms with Crippen molar-refractivity contribution in [3.8, 4) is 17.2 Å². The molecular formula is C22H23FN4. The van der Waals surface area contributed by atoms with Crippen LogP contribution >= 0.6 is 0 Å². The lowest BCUT2D eigenvalue weighted by atomic mass is 9.98. The Hall–Kier alpha value is -2.84. The Morgan fingerprint density at radius 1 is 1.15 bits per heavy atom. The molecule has 0 aliphatic carbocycles. The molecule has 2 aliphatic heterocycles. The van der Waals surface area contributed by atoms with Gasteiger partial charge in [0.2, 0.25) is 0 Å². The Labute approximate surface area is 158 Å². The van der Waals surface area contributed by atoms with Crippen LogP contribution in [-0.2, 0) is 6.42 Å². The normalized spacial score (nSPS) is 16.3. The first kappa shape index (κ1) is 17.6. The van der Waals surface area contributed by atoms with Gasteiger partial charge in [-0.2, -0.15) is 5.26 Å². The molecule has 2 aromatic carbocycles. The second-order valence-electron chi connectivity index (χ2n) is 7.09. The van der Waals surface area contributed by atoms with Crippen LogP contribution in [0.3, 0.4) is 0 Å². The van der Waals surface area contributed by atoms with E-state index in [2.05, 4.69) is 40.4 Å². The van der Waals surface area contributed by atoms with Gasteiger partial charge in [0.1, 0.15) is 5.82 Å². The Morgan fingerprint density at radius 3 is 2.81 bits per heavy atom. The van der Waals surface area contributed by atoms with Gasteiger partial charge in [-0.15, -0.1) is 0 Å². The van der Waals surface area contributed by atoms with Gasteiger partial charge in [-0.05, 0) is 66.5 Å². The summed E-state index contributed by atoms with van der Waals surface area (Å²) in [6.07, 6.45) is 6.51. The fourth-order valence-corrected chi connectivity index (χ4v) is 3.78. The molecule has 1 fully saturated rings. The summed E-state index contributed by atoms with van der Waals surface area (Å²) in [6.45, 7) is 2.86. The third-order valence-corrected chi connectivity index (χ3v) is 5.25. The molecule has 0 unspecified atom stereocenters. The first-order chi connectivity index (χ1) is 13.2. The third kappa shape index (κ3) is 3.81. The second kappa shape index (κ2) is 7.81. The van der Waals surface area contributed by atoms with Crippen LogP contribution in [0.1, 0.15) is 18.4 Å². The summed E-state index contributed by atoms with van der Waals surface area (Å²) < 4.78 is 13.9. The number of benzene rings is 2. The minimum Gasteiger partial charge on any atom is -0.387 e. The monoisotopic (exact) mass is 362 g/mol. The smallest absolute Gasteiger partial charge is 0.127 e. The van der Waals surface area contributed by atoms with Crippen molar-refractivity contribution in [3.05, 3.63) is 52.1 Å². The molecule has 0 bridgehead atoms. The van der Waals surface area contributed by atoms with E-state index in [4.69, 9.17) is 5.26 Å². The topological polar surface area (TPSA) is 59.9 Å². The number of nitrogens with zero attached hydrogens (tertiary/aromatic N) is 1. The number of halogens is 1. The van der Waals surface area contributed by atoms with E-state index in [0.29, 0.717) is 11.6 Å². The Kier molecular flexibility index (Phi) is 5.08. The molecule has 5 heteroatoms. The van der Waals surface area contributed by atoms with Gasteiger partial charge in [0, 0.05) is 35.3 Å². The molecule has 0 radical (unpaired) electrons. The third-order valence-electron chi connectivity index (χ3n) is 5.25. The zero-order valence-electron chi connectivity index (χ0n) is 15.2. The minimum atomic E-state index is -0.324. The van der Waals surface area contributed by atoms with Crippen molar-refractivity contribution in [3.63, 3.8) is 0 Å². The second-order valence-corrected chi connectivity index (χ2v) is 7.09. The predicted octanol–water partition coefficient (Wildman–Crippen LogP) is 1.84. The molecule has 0 atom stereocenters. The SMILES string of the molecule is N#CCc1cc(-c2cc(NC3CCNCC3)c3c(c2)=CCNC=3)ccc1F. The van der Waals surface area contributed by atoms with Crippen molar-refractivity contribution < 1.29 is 4.39 Å². The number of nitriles is 1. The quantitative estimate of drug-likeness (QED) is 0.777. The van der Waals surface area contributed by atoms with E-state index in [1.165, 1.54) is 16.5 Å². The summed E-state index contributed by atoms with van der Waals surface area (Å²) in [7, 11) is 0. The van der Waals surface area contributed by atoms with Crippen LogP contribution in [0, 0.1) is 17.1 Å². The van der Waals surface area contributed by atoms with Crippen LogP contribution in [0.4, 0.5) is 10.1 Å². The maximum Gasteiger partial charge on any atom is 0.127 e. The van der Waals surface area contributed by atoms with Gasteiger partial charge in [0.15, 0.2) is 0 Å². The highest BCUT2D eigenvalue weighted by Gasteiger charge is 2.15. The molecule has 4 nitrogen and oxygen atoms in total. The minimum absolute atomic E-state index is 0.0780. The highest BCUT2D eigenvalue weighted by atomic mass is 19.1. The van der Waals surface area contributed by atoms with Gasteiger partial charge < -0.3 is 16.0 Å². The Balaban J connectivity index is 1.77. The fraction of sp³-hybridized carbons (Fsp3) is 0.318. The van der Waals surface area contributed by atoms with Crippen LogP contribution in [-0.4, -0.2) is 25.7 Å². The van der Waals surface area contributed by atoms with Gasteiger partial charge in [0.05, 0.1) is 12.5 Å². The highest BCUT2D eigenvalue weighted by Crippen LogP contribution is 2.23. The fourth-order valence-electron chi connectivity index (χ4n) is 3.78. The zero-order valence-corrected chi connectivity index (χ0v) is 15.2. The van der Waals surface area contributed by atoms with E-state index < -0.39 is 0 Å². The molecule has 4 rings (SSSR count). The molecule has 0 amide bonds. The van der Waals surface area contributed by atoms with E-state index in [0.717, 1.165) is 49.3 Å². The molecule has 3 N–H and O–H groups in total. The van der Waals surface area contributed by atoms with E-state index in [9.17, 15) is 4.39 Å². The molecule has 2 heterocycles. The molecular weight excluding hydrogens is 339 g/mol. The average Bonchev–Trinajstić information content (AvgIpc) is 2.70. The van der Waals surface area contributed by atoms with Gasteiger partial charge in [-0.3, -0.25) is 0 Å². The van der Waals surface area contributed by atoms with Gasteiger partial charge in [-0.1, -0.05) is 12.1 Å². The van der Waals surface area contributed by atoms with E-state index >= 15 is 0 Å². The highest BCUT2D eigenvalue weighted by molar-refractivity contribution is 5.71. The molecule has 1 saturated heterocycles. The summed E-state index contributed by atoms with van der Waals surface area (Å²) in [5.74, 6) is -0.324. The summed E-state index contributed by atoms with van der Waals surface area (Å²) in [5.41, 5.74) is 3.52. The number of anilines is 1. The zero-order chi connectivity index (χ0) is 18.6. The Bertz CT molecular complexity index is 1000. The number of rotatable bonds is 4. The van der Waals surface area contributed by atoms with E-state index in [-0.39, 0.29) is 12.2 Å². The maximum atomic E-state index is 13.9. The number of nitrogens with one attached hydrogen (secondary N) is 3. The summed E-state index contributed by atoms with van der Waals surface area (Å²) in [6, 6.07) is 11.8. The molecule has 0 saturated carbocycles. The predicted molar refractivity (Wildman–Crippen MR) is 107 cm³/mol. The largest absolute Gasteiger partial charge is 0.387 e. The number of hydrogen-bond acceptors (Lipinski definition) is 4. The van der Waals surface area contributed by atoms with Crippen LogP contribution < -0.4 is 26.4 Å². The lowest BCUT2D eigenvalue weighted by Gasteiger charge is -2.25. The van der Waals surface area contributed by atoms with E-state index in [1.54, 1.807) is 12.1 Å². The number of fused-ring (bicyclic) bond motifs is 1. The lowest BCUT2D eigenvalue weighted by Crippen LogP contribution is -2.40. The van der Waals surface area contributed by atoms with Crippen LogP contribution in [0.25, 0.3) is 23.4 Å². The van der Waals surface area contributed by atoms with Gasteiger partial charge >= 0.3 is 0 Å². The van der Waals surface area contributed by atoms with Crippen LogP contribution in [0.2, 0.25) is 0 Å². The van der Waals surface area contributed by atoms with Crippen molar-refractivity contribution in [2.24, 2.45) is 0 Å². The van der Waals surface area contributed by atoms with Crippen molar-refractivity contribution in [2.75, 3.05) is 25.0 Å². The molecule has 0 aromatic heterocycles. The average molecular weight is 362 g/mol. The molecule has 2 aliphatic rings.